The molecular weight excluding hydrogens is 293 g/mol. The molecule has 106 valence electrons. The molecule has 3 aromatic rings. The SMILES string of the molecule is O=C(NCc1nnc(-c2cccs2)o1)c1cccc(F)c1. The van der Waals surface area contributed by atoms with Gasteiger partial charge in [-0.25, -0.2) is 4.39 Å². The van der Waals surface area contributed by atoms with Gasteiger partial charge in [-0.05, 0) is 29.6 Å². The Balaban J connectivity index is 1.64. The molecule has 1 N–H and O–H groups in total. The summed E-state index contributed by atoms with van der Waals surface area (Å²) in [6.45, 7) is 0.0910. The highest BCUT2D eigenvalue weighted by atomic mass is 32.1. The number of rotatable bonds is 4. The number of benzene rings is 1. The van der Waals surface area contributed by atoms with Crippen molar-refractivity contribution in [3.63, 3.8) is 0 Å². The van der Waals surface area contributed by atoms with Crippen molar-refractivity contribution in [2.24, 2.45) is 0 Å². The van der Waals surface area contributed by atoms with Crippen LogP contribution < -0.4 is 5.32 Å². The van der Waals surface area contributed by atoms with Crippen LogP contribution in [0.5, 0.6) is 0 Å². The van der Waals surface area contributed by atoms with Gasteiger partial charge >= 0.3 is 0 Å². The van der Waals surface area contributed by atoms with Crippen molar-refractivity contribution >= 4 is 17.2 Å². The molecule has 0 fully saturated rings. The van der Waals surface area contributed by atoms with Crippen molar-refractivity contribution in [1.29, 1.82) is 0 Å². The summed E-state index contributed by atoms with van der Waals surface area (Å²) >= 11 is 1.49. The highest BCUT2D eigenvalue weighted by molar-refractivity contribution is 7.13. The van der Waals surface area contributed by atoms with Crippen molar-refractivity contribution in [2.75, 3.05) is 0 Å². The number of halogens is 1. The maximum absolute atomic E-state index is 13.0. The summed E-state index contributed by atoms with van der Waals surface area (Å²) < 4.78 is 18.5. The van der Waals surface area contributed by atoms with E-state index in [0.717, 1.165) is 4.88 Å². The molecule has 1 aromatic carbocycles. The van der Waals surface area contributed by atoms with Gasteiger partial charge in [-0.2, -0.15) is 0 Å². The monoisotopic (exact) mass is 303 g/mol. The van der Waals surface area contributed by atoms with Crippen LogP contribution in [0.3, 0.4) is 0 Å². The van der Waals surface area contributed by atoms with Gasteiger partial charge in [0, 0.05) is 5.56 Å². The average Bonchev–Trinajstić information content (AvgIpc) is 3.15. The van der Waals surface area contributed by atoms with Gasteiger partial charge in [-0.1, -0.05) is 12.1 Å². The highest BCUT2D eigenvalue weighted by Gasteiger charge is 2.11. The van der Waals surface area contributed by atoms with E-state index in [9.17, 15) is 9.18 Å². The molecule has 0 saturated carbocycles. The number of aromatic nitrogens is 2. The standard InChI is InChI=1S/C14H10FN3O2S/c15-10-4-1-3-9(7-10)13(19)16-8-12-17-18-14(20-12)11-5-2-6-21-11/h1-7H,8H2,(H,16,19). The smallest absolute Gasteiger partial charge is 0.257 e. The maximum atomic E-state index is 13.0. The zero-order valence-electron chi connectivity index (χ0n) is 10.7. The van der Waals surface area contributed by atoms with E-state index in [0.29, 0.717) is 11.8 Å². The van der Waals surface area contributed by atoms with Crippen LogP contribution in [-0.4, -0.2) is 16.1 Å². The van der Waals surface area contributed by atoms with Gasteiger partial charge in [0.1, 0.15) is 5.82 Å². The Bertz CT molecular complexity index is 755. The topological polar surface area (TPSA) is 68.0 Å². The molecule has 5 nitrogen and oxygen atoms in total. The molecule has 0 atom stereocenters. The van der Waals surface area contributed by atoms with Crippen LogP contribution in [0.4, 0.5) is 4.39 Å². The molecule has 0 aliphatic rings. The molecule has 1 amide bonds. The first-order valence-corrected chi connectivity index (χ1v) is 7.00. The van der Waals surface area contributed by atoms with Gasteiger partial charge in [0.05, 0.1) is 11.4 Å². The highest BCUT2D eigenvalue weighted by Crippen LogP contribution is 2.22. The van der Waals surface area contributed by atoms with Crippen LogP contribution >= 0.6 is 11.3 Å². The van der Waals surface area contributed by atoms with Gasteiger partial charge in [0.2, 0.25) is 5.89 Å². The summed E-state index contributed by atoms with van der Waals surface area (Å²) in [7, 11) is 0. The van der Waals surface area contributed by atoms with E-state index in [2.05, 4.69) is 15.5 Å². The summed E-state index contributed by atoms with van der Waals surface area (Å²) in [4.78, 5) is 12.7. The van der Waals surface area contributed by atoms with Crippen molar-refractivity contribution < 1.29 is 13.6 Å². The summed E-state index contributed by atoms with van der Waals surface area (Å²) in [5.41, 5.74) is 0.244. The van der Waals surface area contributed by atoms with E-state index in [1.807, 2.05) is 17.5 Å². The van der Waals surface area contributed by atoms with Crippen molar-refractivity contribution in [1.82, 2.24) is 15.5 Å². The molecule has 0 spiro atoms. The van der Waals surface area contributed by atoms with Crippen molar-refractivity contribution in [3.05, 3.63) is 59.0 Å². The molecule has 21 heavy (non-hydrogen) atoms. The number of nitrogens with zero attached hydrogens (tertiary/aromatic N) is 2. The second kappa shape index (κ2) is 5.84. The summed E-state index contributed by atoms with van der Waals surface area (Å²) in [6.07, 6.45) is 0. The Morgan fingerprint density at radius 3 is 2.95 bits per heavy atom. The summed E-state index contributed by atoms with van der Waals surface area (Å²) in [6, 6.07) is 9.21. The number of hydrogen-bond acceptors (Lipinski definition) is 5. The quantitative estimate of drug-likeness (QED) is 0.804. The summed E-state index contributed by atoms with van der Waals surface area (Å²) in [5.74, 6) is -0.144. The van der Waals surface area contributed by atoms with Crippen LogP contribution in [0.1, 0.15) is 16.2 Å². The molecule has 7 heteroatoms. The Labute approximate surface area is 123 Å². The van der Waals surface area contributed by atoms with Crippen molar-refractivity contribution in [3.8, 4) is 10.8 Å². The molecule has 2 aromatic heterocycles. The molecule has 0 saturated heterocycles. The fourth-order valence-corrected chi connectivity index (χ4v) is 2.36. The lowest BCUT2D eigenvalue weighted by Crippen LogP contribution is -2.23. The second-order valence-corrected chi connectivity index (χ2v) is 5.12. The minimum atomic E-state index is -0.458. The van der Waals surface area contributed by atoms with E-state index in [4.69, 9.17) is 4.42 Å². The number of carbonyl (C=O) groups excluding carboxylic acids is 1. The zero-order chi connectivity index (χ0) is 14.7. The fourth-order valence-electron chi connectivity index (χ4n) is 1.71. The molecular formula is C14H10FN3O2S. The molecule has 2 heterocycles. The Kier molecular flexibility index (Phi) is 3.74. The molecule has 0 bridgehead atoms. The first-order chi connectivity index (χ1) is 10.2. The molecule has 0 aliphatic heterocycles. The van der Waals surface area contributed by atoms with Gasteiger partial charge < -0.3 is 9.73 Å². The zero-order valence-corrected chi connectivity index (χ0v) is 11.6. The number of hydrogen-bond donors (Lipinski definition) is 1. The first kappa shape index (κ1) is 13.4. The van der Waals surface area contributed by atoms with E-state index in [-0.39, 0.29) is 12.1 Å². The number of amides is 1. The van der Waals surface area contributed by atoms with Crippen LogP contribution in [0.15, 0.2) is 46.2 Å². The number of carbonyl (C=O) groups is 1. The maximum Gasteiger partial charge on any atom is 0.257 e. The van der Waals surface area contributed by atoms with Crippen molar-refractivity contribution in [2.45, 2.75) is 6.54 Å². The predicted molar refractivity (Wildman–Crippen MR) is 75.2 cm³/mol. The number of thiophene rings is 1. The molecule has 3 rings (SSSR count). The molecule has 0 radical (unpaired) electrons. The van der Waals surface area contributed by atoms with E-state index in [1.165, 1.54) is 35.6 Å². The van der Waals surface area contributed by atoms with Crippen LogP contribution in [0.2, 0.25) is 0 Å². The van der Waals surface area contributed by atoms with E-state index >= 15 is 0 Å². The first-order valence-electron chi connectivity index (χ1n) is 6.12. The fraction of sp³-hybridized carbons (Fsp3) is 0.0714. The van der Waals surface area contributed by atoms with Gasteiger partial charge in [-0.15, -0.1) is 21.5 Å². The minimum absolute atomic E-state index is 0.0910. The largest absolute Gasteiger partial charge is 0.418 e. The van der Waals surface area contributed by atoms with Crippen LogP contribution in [0.25, 0.3) is 10.8 Å². The third-order valence-corrected chi connectivity index (χ3v) is 3.54. The van der Waals surface area contributed by atoms with Gasteiger partial charge in [0.15, 0.2) is 0 Å². The van der Waals surface area contributed by atoms with Crippen LogP contribution in [0, 0.1) is 5.82 Å². The Hall–Kier alpha value is -2.54. The average molecular weight is 303 g/mol. The van der Waals surface area contributed by atoms with Crippen LogP contribution in [-0.2, 0) is 6.54 Å². The lowest BCUT2D eigenvalue weighted by Gasteiger charge is -2.02. The second-order valence-electron chi connectivity index (χ2n) is 4.17. The van der Waals surface area contributed by atoms with E-state index < -0.39 is 11.7 Å². The van der Waals surface area contributed by atoms with Gasteiger partial charge in [0.25, 0.3) is 11.8 Å². The van der Waals surface area contributed by atoms with Gasteiger partial charge in [-0.3, -0.25) is 4.79 Å². The minimum Gasteiger partial charge on any atom is -0.418 e. The lowest BCUT2D eigenvalue weighted by molar-refractivity contribution is 0.0947. The summed E-state index contributed by atoms with van der Waals surface area (Å²) in [5, 5.41) is 12.3. The Morgan fingerprint density at radius 2 is 2.19 bits per heavy atom. The molecule has 0 aliphatic carbocycles. The Morgan fingerprint density at radius 1 is 1.29 bits per heavy atom. The lowest BCUT2D eigenvalue weighted by atomic mass is 10.2. The molecule has 0 unspecified atom stereocenters. The third kappa shape index (κ3) is 3.14. The predicted octanol–water partition coefficient (Wildman–Crippen LogP) is 2.87. The van der Waals surface area contributed by atoms with E-state index in [1.54, 1.807) is 0 Å². The third-order valence-electron chi connectivity index (χ3n) is 2.69. The normalized spacial score (nSPS) is 10.5. The number of nitrogens with one attached hydrogen (secondary N) is 1.